The molecule has 0 heterocycles. The van der Waals surface area contributed by atoms with Crippen molar-refractivity contribution in [3.63, 3.8) is 0 Å². The first-order chi connectivity index (χ1) is 8.58. The van der Waals surface area contributed by atoms with E-state index in [2.05, 4.69) is 21.2 Å². The standard InChI is InChI=1S/C14H11BrClNO/c1-9-4-2-5-10(8-9)14(18)17-12-7-3-6-11(16)13(12)15/h2-8H,1H3,(H,17,18). The van der Waals surface area contributed by atoms with E-state index in [0.717, 1.165) is 5.56 Å². The van der Waals surface area contributed by atoms with E-state index in [-0.39, 0.29) is 5.91 Å². The number of halogens is 2. The topological polar surface area (TPSA) is 29.1 Å². The summed E-state index contributed by atoms with van der Waals surface area (Å²) in [5.74, 6) is -0.151. The first-order valence-electron chi connectivity index (χ1n) is 5.40. The van der Waals surface area contributed by atoms with E-state index in [9.17, 15) is 4.79 Å². The van der Waals surface area contributed by atoms with Crippen LogP contribution in [0.5, 0.6) is 0 Å². The largest absolute Gasteiger partial charge is 0.321 e. The van der Waals surface area contributed by atoms with E-state index in [1.54, 1.807) is 24.3 Å². The molecule has 0 saturated heterocycles. The van der Waals surface area contributed by atoms with Crippen molar-refractivity contribution in [3.05, 3.63) is 63.1 Å². The van der Waals surface area contributed by atoms with Gasteiger partial charge in [0.25, 0.3) is 5.91 Å². The maximum absolute atomic E-state index is 12.1. The van der Waals surface area contributed by atoms with Crippen LogP contribution in [0.4, 0.5) is 5.69 Å². The van der Waals surface area contributed by atoms with Crippen LogP contribution in [0, 0.1) is 6.92 Å². The van der Waals surface area contributed by atoms with Gasteiger partial charge < -0.3 is 5.32 Å². The van der Waals surface area contributed by atoms with Crippen LogP contribution < -0.4 is 5.32 Å². The maximum atomic E-state index is 12.1. The molecule has 92 valence electrons. The van der Waals surface area contributed by atoms with Crippen LogP contribution >= 0.6 is 27.5 Å². The lowest BCUT2D eigenvalue weighted by Gasteiger charge is -2.08. The number of hydrogen-bond acceptors (Lipinski definition) is 1. The van der Waals surface area contributed by atoms with Gasteiger partial charge in [0.1, 0.15) is 0 Å². The molecule has 0 saturated carbocycles. The predicted molar refractivity (Wildman–Crippen MR) is 78.3 cm³/mol. The minimum atomic E-state index is -0.151. The summed E-state index contributed by atoms with van der Waals surface area (Å²) in [7, 11) is 0. The van der Waals surface area contributed by atoms with Gasteiger partial charge in [0.15, 0.2) is 0 Å². The number of rotatable bonds is 2. The van der Waals surface area contributed by atoms with Gasteiger partial charge in [-0.25, -0.2) is 0 Å². The normalized spacial score (nSPS) is 10.2. The average Bonchev–Trinajstić information content (AvgIpc) is 2.35. The highest BCUT2D eigenvalue weighted by Gasteiger charge is 2.09. The van der Waals surface area contributed by atoms with Crippen molar-refractivity contribution in [2.45, 2.75) is 6.92 Å². The summed E-state index contributed by atoms with van der Waals surface area (Å²) in [5.41, 5.74) is 2.34. The molecule has 0 aliphatic rings. The Balaban J connectivity index is 2.24. The lowest BCUT2D eigenvalue weighted by Crippen LogP contribution is -2.12. The smallest absolute Gasteiger partial charge is 0.255 e. The summed E-state index contributed by atoms with van der Waals surface area (Å²) < 4.78 is 0.688. The van der Waals surface area contributed by atoms with Crippen molar-refractivity contribution in [3.8, 4) is 0 Å². The highest BCUT2D eigenvalue weighted by Crippen LogP contribution is 2.30. The SMILES string of the molecule is Cc1cccc(C(=O)Nc2cccc(Cl)c2Br)c1. The molecule has 1 N–H and O–H groups in total. The third-order valence-electron chi connectivity index (χ3n) is 2.48. The summed E-state index contributed by atoms with van der Waals surface area (Å²) in [6, 6.07) is 12.8. The summed E-state index contributed by atoms with van der Waals surface area (Å²) in [6.07, 6.45) is 0. The second-order valence-corrected chi connectivity index (χ2v) is 5.13. The minimum absolute atomic E-state index is 0.151. The van der Waals surface area contributed by atoms with Gasteiger partial charge in [-0.05, 0) is 47.1 Å². The molecule has 0 bridgehead atoms. The fourth-order valence-corrected chi connectivity index (χ4v) is 2.12. The van der Waals surface area contributed by atoms with Gasteiger partial charge in [0, 0.05) is 5.56 Å². The zero-order valence-electron chi connectivity index (χ0n) is 9.71. The molecular weight excluding hydrogens is 314 g/mol. The van der Waals surface area contributed by atoms with Crippen molar-refractivity contribution < 1.29 is 4.79 Å². The van der Waals surface area contributed by atoms with Crippen molar-refractivity contribution in [1.82, 2.24) is 0 Å². The van der Waals surface area contributed by atoms with E-state index in [1.165, 1.54) is 0 Å². The summed E-state index contributed by atoms with van der Waals surface area (Å²) in [5, 5.41) is 3.39. The number of aryl methyl sites for hydroxylation is 1. The zero-order valence-corrected chi connectivity index (χ0v) is 12.0. The zero-order chi connectivity index (χ0) is 13.1. The Morgan fingerprint density at radius 2 is 1.94 bits per heavy atom. The van der Waals surface area contributed by atoms with Crippen LogP contribution in [-0.2, 0) is 0 Å². The molecule has 0 spiro atoms. The molecule has 2 nitrogen and oxygen atoms in total. The highest BCUT2D eigenvalue weighted by molar-refractivity contribution is 9.10. The number of nitrogens with one attached hydrogen (secondary N) is 1. The third kappa shape index (κ3) is 2.92. The molecule has 0 aromatic heterocycles. The second kappa shape index (κ2) is 5.55. The van der Waals surface area contributed by atoms with Crippen LogP contribution in [0.2, 0.25) is 5.02 Å². The number of hydrogen-bond donors (Lipinski definition) is 1. The van der Waals surface area contributed by atoms with E-state index in [4.69, 9.17) is 11.6 Å². The number of carbonyl (C=O) groups is 1. The van der Waals surface area contributed by atoms with E-state index in [0.29, 0.717) is 20.7 Å². The molecule has 0 unspecified atom stereocenters. The molecule has 18 heavy (non-hydrogen) atoms. The Morgan fingerprint density at radius 3 is 2.67 bits per heavy atom. The quantitative estimate of drug-likeness (QED) is 0.855. The van der Waals surface area contributed by atoms with Gasteiger partial charge in [-0.2, -0.15) is 0 Å². The van der Waals surface area contributed by atoms with Crippen LogP contribution in [0.15, 0.2) is 46.9 Å². The summed E-state index contributed by atoms with van der Waals surface area (Å²) >= 11 is 9.32. The molecule has 2 aromatic carbocycles. The van der Waals surface area contributed by atoms with Gasteiger partial charge >= 0.3 is 0 Å². The Kier molecular flexibility index (Phi) is 4.04. The molecular formula is C14H11BrClNO. The molecule has 0 radical (unpaired) electrons. The Hall–Kier alpha value is -1.32. The first kappa shape index (κ1) is 13.1. The predicted octanol–water partition coefficient (Wildman–Crippen LogP) is 4.66. The van der Waals surface area contributed by atoms with Crippen LogP contribution in [-0.4, -0.2) is 5.91 Å². The van der Waals surface area contributed by atoms with Gasteiger partial charge in [-0.15, -0.1) is 0 Å². The molecule has 2 rings (SSSR count). The van der Waals surface area contributed by atoms with Gasteiger partial charge in [0.05, 0.1) is 15.2 Å². The lowest BCUT2D eigenvalue weighted by molar-refractivity contribution is 0.102. The summed E-state index contributed by atoms with van der Waals surface area (Å²) in [4.78, 5) is 12.1. The summed E-state index contributed by atoms with van der Waals surface area (Å²) in [6.45, 7) is 1.95. The van der Waals surface area contributed by atoms with E-state index < -0.39 is 0 Å². The van der Waals surface area contributed by atoms with Gasteiger partial charge in [-0.1, -0.05) is 35.4 Å². The van der Waals surface area contributed by atoms with E-state index >= 15 is 0 Å². The van der Waals surface area contributed by atoms with Crippen molar-refractivity contribution >= 4 is 39.1 Å². The van der Waals surface area contributed by atoms with Crippen molar-refractivity contribution in [2.24, 2.45) is 0 Å². The Morgan fingerprint density at radius 1 is 1.22 bits per heavy atom. The van der Waals surface area contributed by atoms with Gasteiger partial charge in [-0.3, -0.25) is 4.79 Å². The van der Waals surface area contributed by atoms with Crippen LogP contribution in [0.1, 0.15) is 15.9 Å². The van der Waals surface area contributed by atoms with Crippen LogP contribution in [0.3, 0.4) is 0 Å². The van der Waals surface area contributed by atoms with Gasteiger partial charge in [0.2, 0.25) is 0 Å². The maximum Gasteiger partial charge on any atom is 0.255 e. The molecule has 4 heteroatoms. The Labute approximate surface area is 119 Å². The molecule has 0 fully saturated rings. The number of anilines is 1. The first-order valence-corrected chi connectivity index (χ1v) is 6.57. The number of benzene rings is 2. The molecule has 0 atom stereocenters. The third-order valence-corrected chi connectivity index (χ3v) is 3.88. The van der Waals surface area contributed by atoms with Crippen molar-refractivity contribution in [1.29, 1.82) is 0 Å². The molecule has 0 aliphatic heterocycles. The number of amides is 1. The molecule has 0 aliphatic carbocycles. The number of carbonyl (C=O) groups excluding carboxylic acids is 1. The fourth-order valence-electron chi connectivity index (χ4n) is 1.58. The minimum Gasteiger partial charge on any atom is -0.321 e. The lowest BCUT2D eigenvalue weighted by atomic mass is 10.1. The van der Waals surface area contributed by atoms with Crippen molar-refractivity contribution in [2.75, 3.05) is 5.32 Å². The molecule has 1 amide bonds. The second-order valence-electron chi connectivity index (χ2n) is 3.92. The molecule has 2 aromatic rings. The Bertz CT molecular complexity index is 598. The fraction of sp³-hybridized carbons (Fsp3) is 0.0714. The highest BCUT2D eigenvalue weighted by atomic mass is 79.9. The average molecular weight is 325 g/mol. The van der Waals surface area contributed by atoms with Crippen LogP contribution in [0.25, 0.3) is 0 Å². The van der Waals surface area contributed by atoms with E-state index in [1.807, 2.05) is 25.1 Å². The monoisotopic (exact) mass is 323 g/mol.